The summed E-state index contributed by atoms with van der Waals surface area (Å²) < 4.78 is 40.1. The minimum Gasteiger partial charge on any atom is -0.263 e. The van der Waals surface area contributed by atoms with Gasteiger partial charge in [-0.05, 0) is 43.3 Å². The molecule has 0 radical (unpaired) electrons. The Hall–Kier alpha value is -2.87. The van der Waals surface area contributed by atoms with Crippen molar-refractivity contribution >= 4 is 15.8 Å². The number of nitrogens with one attached hydrogen (secondary N) is 1. The molecule has 24 heavy (non-hydrogen) atoms. The van der Waals surface area contributed by atoms with E-state index in [9.17, 15) is 12.8 Å². The molecule has 0 aliphatic heterocycles. The van der Waals surface area contributed by atoms with Crippen molar-refractivity contribution in [1.82, 2.24) is 15.0 Å². The molecule has 1 N–H and O–H groups in total. The van der Waals surface area contributed by atoms with Crippen LogP contribution in [0.25, 0.3) is 11.3 Å². The summed E-state index contributed by atoms with van der Waals surface area (Å²) in [7, 11) is -3.80. The average Bonchev–Trinajstić information content (AvgIpc) is 2.55. The molecule has 122 valence electrons. The van der Waals surface area contributed by atoms with Crippen LogP contribution in [0.15, 0.2) is 59.8 Å². The van der Waals surface area contributed by atoms with Gasteiger partial charge >= 0.3 is 0 Å². The van der Waals surface area contributed by atoms with Crippen LogP contribution in [0.5, 0.6) is 0 Å². The molecule has 0 spiro atoms. The number of pyridine rings is 1. The van der Waals surface area contributed by atoms with E-state index in [1.165, 1.54) is 42.7 Å². The number of halogens is 1. The molecule has 6 nitrogen and oxygen atoms in total. The number of hydrogen-bond donors (Lipinski definition) is 1. The van der Waals surface area contributed by atoms with E-state index in [1.807, 2.05) is 0 Å². The van der Waals surface area contributed by atoms with Crippen LogP contribution < -0.4 is 4.72 Å². The van der Waals surface area contributed by atoms with Crippen molar-refractivity contribution in [2.45, 2.75) is 11.8 Å². The highest BCUT2D eigenvalue weighted by Crippen LogP contribution is 2.21. The van der Waals surface area contributed by atoms with Gasteiger partial charge in [0.1, 0.15) is 22.4 Å². The first-order valence-corrected chi connectivity index (χ1v) is 8.47. The molecule has 3 aromatic rings. The second-order valence-electron chi connectivity index (χ2n) is 4.99. The molecule has 0 aliphatic rings. The quantitative estimate of drug-likeness (QED) is 0.787. The number of benzene rings is 1. The van der Waals surface area contributed by atoms with Crippen molar-refractivity contribution in [1.29, 1.82) is 0 Å². The fourth-order valence-electron chi connectivity index (χ4n) is 2.09. The lowest BCUT2D eigenvalue weighted by atomic mass is 10.1. The number of aromatic nitrogens is 3. The van der Waals surface area contributed by atoms with E-state index in [2.05, 4.69) is 19.7 Å². The van der Waals surface area contributed by atoms with E-state index < -0.39 is 10.0 Å². The van der Waals surface area contributed by atoms with E-state index in [-0.39, 0.29) is 16.5 Å². The van der Waals surface area contributed by atoms with Gasteiger partial charge < -0.3 is 0 Å². The summed E-state index contributed by atoms with van der Waals surface area (Å²) in [6, 6.07) is 10.2. The maximum atomic E-state index is 13.0. The molecule has 0 saturated carbocycles. The van der Waals surface area contributed by atoms with Gasteiger partial charge in [-0.2, -0.15) is 0 Å². The third-order valence-corrected chi connectivity index (χ3v) is 4.50. The van der Waals surface area contributed by atoms with Gasteiger partial charge in [-0.3, -0.25) is 9.71 Å². The van der Waals surface area contributed by atoms with Crippen molar-refractivity contribution in [3.05, 3.63) is 66.5 Å². The van der Waals surface area contributed by atoms with Crippen molar-refractivity contribution in [3.63, 3.8) is 0 Å². The second kappa shape index (κ2) is 6.32. The van der Waals surface area contributed by atoms with Crippen molar-refractivity contribution in [2.75, 3.05) is 4.72 Å². The third kappa shape index (κ3) is 3.54. The van der Waals surface area contributed by atoms with Crippen LogP contribution in [-0.2, 0) is 10.0 Å². The Morgan fingerprint density at radius 3 is 2.50 bits per heavy atom. The molecule has 2 aromatic heterocycles. The van der Waals surface area contributed by atoms with Gasteiger partial charge in [0.15, 0.2) is 0 Å². The smallest absolute Gasteiger partial charge is 0.263 e. The molecule has 0 atom stereocenters. The highest BCUT2D eigenvalue weighted by Gasteiger charge is 2.16. The van der Waals surface area contributed by atoms with E-state index in [0.29, 0.717) is 17.1 Å². The molecular formula is C16H13FN4O2S. The summed E-state index contributed by atoms with van der Waals surface area (Å²) in [5.74, 6) is 0.161. The van der Waals surface area contributed by atoms with Gasteiger partial charge in [-0.25, -0.2) is 22.8 Å². The third-order valence-electron chi connectivity index (χ3n) is 3.16. The Kier molecular flexibility index (Phi) is 4.22. The van der Waals surface area contributed by atoms with E-state index in [1.54, 1.807) is 19.1 Å². The zero-order valence-electron chi connectivity index (χ0n) is 12.6. The topological polar surface area (TPSA) is 84.8 Å². The summed E-state index contributed by atoms with van der Waals surface area (Å²) in [4.78, 5) is 12.2. The maximum Gasteiger partial charge on any atom is 0.264 e. The Labute approximate surface area is 138 Å². The van der Waals surface area contributed by atoms with E-state index in [4.69, 9.17) is 0 Å². The fraction of sp³-hybridized carbons (Fsp3) is 0.0625. The molecule has 0 fully saturated rings. The van der Waals surface area contributed by atoms with Gasteiger partial charge in [-0.15, -0.1) is 0 Å². The number of anilines is 1. The lowest BCUT2D eigenvalue weighted by Crippen LogP contribution is -2.14. The zero-order chi connectivity index (χ0) is 17.2. The SMILES string of the molecule is Cc1nc(NS(=O)(=O)c2cccnc2)cc(-c2ccc(F)cc2)n1. The van der Waals surface area contributed by atoms with E-state index >= 15 is 0 Å². The highest BCUT2D eigenvalue weighted by atomic mass is 32.2. The van der Waals surface area contributed by atoms with Crippen LogP contribution >= 0.6 is 0 Å². The van der Waals surface area contributed by atoms with Gasteiger partial charge in [0.25, 0.3) is 10.0 Å². The first kappa shape index (κ1) is 16.0. The van der Waals surface area contributed by atoms with E-state index in [0.717, 1.165) is 0 Å². The first-order valence-electron chi connectivity index (χ1n) is 6.98. The van der Waals surface area contributed by atoms with Gasteiger partial charge in [0.05, 0.1) is 5.69 Å². The molecule has 0 bridgehead atoms. The summed E-state index contributed by atoms with van der Waals surface area (Å²) in [5, 5.41) is 0. The molecule has 0 unspecified atom stereocenters. The monoisotopic (exact) mass is 344 g/mol. The highest BCUT2D eigenvalue weighted by molar-refractivity contribution is 7.92. The Morgan fingerprint density at radius 1 is 1.08 bits per heavy atom. The van der Waals surface area contributed by atoms with Gasteiger partial charge in [0, 0.05) is 24.0 Å². The lowest BCUT2D eigenvalue weighted by molar-refractivity contribution is 0.600. The normalized spacial score (nSPS) is 11.2. The Balaban J connectivity index is 1.96. The molecule has 1 aromatic carbocycles. The largest absolute Gasteiger partial charge is 0.264 e. The predicted octanol–water partition coefficient (Wildman–Crippen LogP) is 2.79. The van der Waals surface area contributed by atoms with Crippen LogP contribution in [0.4, 0.5) is 10.2 Å². The summed E-state index contributed by atoms with van der Waals surface area (Å²) >= 11 is 0. The minimum atomic E-state index is -3.80. The zero-order valence-corrected chi connectivity index (χ0v) is 13.5. The molecule has 0 amide bonds. The average molecular weight is 344 g/mol. The van der Waals surface area contributed by atoms with Crippen LogP contribution in [0.1, 0.15) is 5.82 Å². The molecular weight excluding hydrogens is 331 g/mol. The maximum absolute atomic E-state index is 13.0. The van der Waals surface area contributed by atoms with Crippen molar-refractivity contribution < 1.29 is 12.8 Å². The fourth-order valence-corrected chi connectivity index (χ4v) is 3.05. The van der Waals surface area contributed by atoms with Crippen LogP contribution in [-0.4, -0.2) is 23.4 Å². The summed E-state index contributed by atoms with van der Waals surface area (Å²) in [6.07, 6.45) is 2.73. The Bertz CT molecular complexity index is 961. The number of sulfonamides is 1. The first-order chi connectivity index (χ1) is 11.4. The molecule has 0 aliphatic carbocycles. The number of aryl methyl sites for hydroxylation is 1. The van der Waals surface area contributed by atoms with Gasteiger partial charge in [0.2, 0.25) is 0 Å². The summed E-state index contributed by atoms with van der Waals surface area (Å²) in [5.41, 5.74) is 1.15. The summed E-state index contributed by atoms with van der Waals surface area (Å²) in [6.45, 7) is 1.65. The molecule has 8 heteroatoms. The molecule has 0 saturated heterocycles. The van der Waals surface area contributed by atoms with Crippen molar-refractivity contribution in [3.8, 4) is 11.3 Å². The van der Waals surface area contributed by atoms with Crippen LogP contribution in [0.3, 0.4) is 0 Å². The number of rotatable bonds is 4. The number of nitrogens with zero attached hydrogens (tertiary/aromatic N) is 3. The molecule has 3 rings (SSSR count). The van der Waals surface area contributed by atoms with Crippen LogP contribution in [0.2, 0.25) is 0 Å². The van der Waals surface area contributed by atoms with Crippen molar-refractivity contribution in [2.24, 2.45) is 0 Å². The minimum absolute atomic E-state index is 0.0320. The number of hydrogen-bond acceptors (Lipinski definition) is 5. The lowest BCUT2D eigenvalue weighted by Gasteiger charge is -2.09. The predicted molar refractivity (Wildman–Crippen MR) is 87.2 cm³/mol. The second-order valence-corrected chi connectivity index (χ2v) is 6.67. The molecule has 2 heterocycles. The van der Waals surface area contributed by atoms with Crippen LogP contribution in [0, 0.1) is 12.7 Å². The Morgan fingerprint density at radius 2 is 1.83 bits per heavy atom. The standard InChI is InChI=1S/C16H13FN4O2S/c1-11-19-15(12-4-6-13(17)7-5-12)9-16(20-11)21-24(22,23)14-3-2-8-18-10-14/h2-10H,1H3,(H,19,20,21). The van der Waals surface area contributed by atoms with Gasteiger partial charge in [-0.1, -0.05) is 0 Å².